The van der Waals surface area contributed by atoms with Crippen LogP contribution in [-0.4, -0.2) is 48.8 Å². The number of hydrogen-bond acceptors (Lipinski definition) is 6. The van der Waals surface area contributed by atoms with Crippen molar-refractivity contribution >= 4 is 0 Å². The molecule has 6 nitrogen and oxygen atoms in total. The lowest BCUT2D eigenvalue weighted by molar-refractivity contribution is 0.0539. The molecule has 0 fully saturated rings. The van der Waals surface area contributed by atoms with Crippen LogP contribution in [0.2, 0.25) is 0 Å². The van der Waals surface area contributed by atoms with Crippen LogP contribution in [0.5, 0.6) is 17.2 Å². The zero-order chi connectivity index (χ0) is 17.7. The molecule has 6 heteroatoms. The summed E-state index contributed by atoms with van der Waals surface area (Å²) in [5.74, 6) is 2.38. The highest BCUT2D eigenvalue weighted by atomic mass is 16.5. The van der Waals surface area contributed by atoms with E-state index in [1.807, 2.05) is 0 Å². The van der Waals surface area contributed by atoms with Crippen molar-refractivity contribution in [2.75, 3.05) is 42.7 Å². The molecule has 2 atom stereocenters. The van der Waals surface area contributed by atoms with E-state index in [1.165, 1.54) is 0 Å². The molecule has 0 saturated heterocycles. The Hall–Kier alpha value is -2.34. The van der Waals surface area contributed by atoms with Crippen molar-refractivity contribution in [1.29, 1.82) is 0 Å². The van der Waals surface area contributed by atoms with Gasteiger partial charge in [0.25, 0.3) is 0 Å². The summed E-state index contributed by atoms with van der Waals surface area (Å²) >= 11 is 0. The van der Waals surface area contributed by atoms with Gasteiger partial charge < -0.3 is 28.4 Å². The third kappa shape index (κ3) is 3.01. The van der Waals surface area contributed by atoms with Crippen LogP contribution in [-0.2, 0) is 14.2 Å². The first kappa shape index (κ1) is 18.0. The highest BCUT2D eigenvalue weighted by Crippen LogP contribution is 2.45. The van der Waals surface area contributed by atoms with Crippen LogP contribution < -0.4 is 14.2 Å². The molecular weight excluding hydrogens is 312 g/mol. The predicted octanol–water partition coefficient (Wildman–Crippen LogP) is 2.49. The monoisotopic (exact) mass is 334 g/mol. The van der Waals surface area contributed by atoms with Crippen molar-refractivity contribution in [1.82, 2.24) is 0 Å². The summed E-state index contributed by atoms with van der Waals surface area (Å²) in [6.45, 7) is 0. The van der Waals surface area contributed by atoms with Gasteiger partial charge in [0.1, 0.15) is 6.10 Å². The van der Waals surface area contributed by atoms with Gasteiger partial charge in [0.2, 0.25) is 5.75 Å². The van der Waals surface area contributed by atoms with Crippen LogP contribution in [0.25, 0.3) is 0 Å². The summed E-state index contributed by atoms with van der Waals surface area (Å²) in [6.07, 6.45) is 4.54. The van der Waals surface area contributed by atoms with Gasteiger partial charge in [0.15, 0.2) is 23.0 Å². The van der Waals surface area contributed by atoms with E-state index < -0.39 is 6.10 Å². The van der Waals surface area contributed by atoms with Crippen molar-refractivity contribution in [3.8, 4) is 17.2 Å². The minimum absolute atomic E-state index is 0.307. The minimum atomic E-state index is -0.432. The molecule has 1 aromatic carbocycles. The van der Waals surface area contributed by atoms with E-state index in [2.05, 4.69) is 12.1 Å². The number of hydrogen-bond donors (Lipinski definition) is 0. The molecule has 0 bridgehead atoms. The van der Waals surface area contributed by atoms with E-state index in [1.54, 1.807) is 54.8 Å². The van der Waals surface area contributed by atoms with Crippen LogP contribution in [0.1, 0.15) is 11.5 Å². The standard InChI is InChI=1S/C18H22O6/c1-19-13-9-7-11(15(21-3)17(13)23-5)12-8-10-14(20-2)18(24-6)16(12)22-4/h9-11,15H,1-6H3/t11?,15-/m1/s1. The molecule has 1 aliphatic carbocycles. The minimum Gasteiger partial charge on any atom is -0.494 e. The molecule has 0 heterocycles. The highest BCUT2D eigenvalue weighted by molar-refractivity contribution is 5.57. The number of allylic oxidation sites excluding steroid dienone is 1. The Bertz CT molecular complexity index is 635. The van der Waals surface area contributed by atoms with Crippen LogP contribution in [0.15, 0.2) is 23.7 Å². The zero-order valence-electron chi connectivity index (χ0n) is 14.8. The number of rotatable bonds is 7. The summed E-state index contributed by atoms with van der Waals surface area (Å²) in [7, 11) is 9.43. The summed E-state index contributed by atoms with van der Waals surface area (Å²) in [6, 6.07) is 4.88. The van der Waals surface area contributed by atoms with Gasteiger partial charge in [0.05, 0.1) is 35.5 Å². The maximum Gasteiger partial charge on any atom is 0.203 e. The molecule has 24 heavy (non-hydrogen) atoms. The maximum atomic E-state index is 5.63. The van der Waals surface area contributed by atoms with Gasteiger partial charge in [-0.25, -0.2) is 0 Å². The lowest BCUT2D eigenvalue weighted by atomic mass is 9.87. The summed E-state index contributed by atoms with van der Waals surface area (Å²) < 4.78 is 32.7. The normalized spacial score (nSPS) is 19.9. The summed E-state index contributed by atoms with van der Waals surface area (Å²) in [5, 5.41) is 0. The van der Waals surface area contributed by atoms with Gasteiger partial charge in [-0.1, -0.05) is 0 Å². The first-order chi connectivity index (χ1) is 11.7. The average Bonchev–Trinajstić information content (AvgIpc) is 2.64. The molecule has 1 aliphatic rings. The van der Waals surface area contributed by atoms with Crippen LogP contribution >= 0.6 is 0 Å². The van der Waals surface area contributed by atoms with E-state index in [0.29, 0.717) is 28.8 Å². The highest BCUT2D eigenvalue weighted by Gasteiger charge is 2.35. The molecule has 2 radical (unpaired) electrons. The van der Waals surface area contributed by atoms with E-state index in [9.17, 15) is 0 Å². The van der Waals surface area contributed by atoms with Gasteiger partial charge in [-0.05, 0) is 24.3 Å². The fourth-order valence-corrected chi connectivity index (χ4v) is 2.76. The summed E-state index contributed by atoms with van der Waals surface area (Å²) in [4.78, 5) is 0. The first-order valence-electron chi connectivity index (χ1n) is 7.31. The maximum absolute atomic E-state index is 5.63. The molecule has 0 N–H and O–H groups in total. The largest absolute Gasteiger partial charge is 0.494 e. The molecule has 0 spiro atoms. The Balaban J connectivity index is 2.56. The van der Waals surface area contributed by atoms with Crippen LogP contribution in [0, 0.1) is 12.1 Å². The van der Waals surface area contributed by atoms with Gasteiger partial charge in [-0.2, -0.15) is 0 Å². The average molecular weight is 334 g/mol. The topological polar surface area (TPSA) is 55.4 Å². The van der Waals surface area contributed by atoms with Gasteiger partial charge in [0, 0.05) is 18.6 Å². The Morgan fingerprint density at radius 2 is 1.54 bits per heavy atom. The lowest BCUT2D eigenvalue weighted by Gasteiger charge is -2.30. The van der Waals surface area contributed by atoms with Crippen molar-refractivity contribution in [3.63, 3.8) is 0 Å². The Morgan fingerprint density at radius 3 is 2.04 bits per heavy atom. The summed E-state index contributed by atoms with van der Waals surface area (Å²) in [5.41, 5.74) is 0.725. The van der Waals surface area contributed by atoms with Crippen molar-refractivity contribution in [2.45, 2.75) is 12.0 Å². The number of methoxy groups -OCH3 is 6. The number of benzene rings is 1. The molecule has 1 unspecified atom stereocenters. The zero-order valence-corrected chi connectivity index (χ0v) is 14.8. The second-order valence-corrected chi connectivity index (χ2v) is 4.92. The number of ether oxygens (including phenoxy) is 6. The fraction of sp³-hybridized carbons (Fsp3) is 0.444. The molecular formula is C18H22O6. The van der Waals surface area contributed by atoms with E-state index in [-0.39, 0.29) is 5.92 Å². The third-order valence-corrected chi connectivity index (χ3v) is 3.86. The van der Waals surface area contributed by atoms with Crippen molar-refractivity contribution < 1.29 is 28.4 Å². The van der Waals surface area contributed by atoms with Crippen molar-refractivity contribution in [3.05, 3.63) is 41.4 Å². The second-order valence-electron chi connectivity index (χ2n) is 4.92. The molecule has 0 aliphatic heterocycles. The van der Waals surface area contributed by atoms with Gasteiger partial charge in [-0.15, -0.1) is 0 Å². The van der Waals surface area contributed by atoms with E-state index >= 15 is 0 Å². The second kappa shape index (κ2) is 7.97. The van der Waals surface area contributed by atoms with Gasteiger partial charge >= 0.3 is 0 Å². The Morgan fingerprint density at radius 1 is 0.833 bits per heavy atom. The molecule has 130 valence electrons. The van der Waals surface area contributed by atoms with Gasteiger partial charge in [-0.3, -0.25) is 0 Å². The van der Waals surface area contributed by atoms with E-state index in [4.69, 9.17) is 28.4 Å². The molecule has 0 saturated carbocycles. The fourth-order valence-electron chi connectivity index (χ4n) is 2.76. The molecule has 0 aromatic heterocycles. The van der Waals surface area contributed by atoms with Crippen molar-refractivity contribution in [2.24, 2.45) is 0 Å². The Kier molecular flexibility index (Phi) is 5.98. The molecule has 0 amide bonds. The van der Waals surface area contributed by atoms with Crippen LogP contribution in [0.4, 0.5) is 0 Å². The quantitative estimate of drug-likeness (QED) is 0.764. The van der Waals surface area contributed by atoms with E-state index in [0.717, 1.165) is 5.56 Å². The Labute approximate surface area is 142 Å². The smallest absolute Gasteiger partial charge is 0.203 e. The van der Waals surface area contributed by atoms with Crippen LogP contribution in [0.3, 0.4) is 0 Å². The molecule has 1 aromatic rings. The third-order valence-electron chi connectivity index (χ3n) is 3.86. The SMILES string of the molecule is COC1=C(OC)[C@H](OC)C(c2[c]cc(OC)c(OC)c2OC)[C]=C1. The predicted molar refractivity (Wildman–Crippen MR) is 87.3 cm³/mol. The first-order valence-corrected chi connectivity index (χ1v) is 7.31. The lowest BCUT2D eigenvalue weighted by Crippen LogP contribution is -2.28. The molecule has 2 rings (SSSR count).